The van der Waals surface area contributed by atoms with Crippen LogP contribution in [0.3, 0.4) is 0 Å². The van der Waals surface area contributed by atoms with Crippen molar-refractivity contribution in [1.29, 1.82) is 0 Å². The van der Waals surface area contributed by atoms with Crippen LogP contribution in [0, 0.1) is 5.41 Å². The molecule has 0 heterocycles. The van der Waals surface area contributed by atoms with Gasteiger partial charge in [-0.25, -0.2) is 0 Å². The lowest BCUT2D eigenvalue weighted by atomic mass is 9.83. The number of carbonyl (C=O) groups is 1. The summed E-state index contributed by atoms with van der Waals surface area (Å²) in [6.45, 7) is 1.97. The second kappa shape index (κ2) is 3.44. The number of rotatable bonds is 2. The Kier molecular flexibility index (Phi) is 2.73. The van der Waals surface area contributed by atoms with E-state index < -0.39 is 5.41 Å². The Bertz CT molecular complexity index is 179. The van der Waals surface area contributed by atoms with E-state index in [4.69, 9.17) is 4.74 Å². The maximum Gasteiger partial charge on any atom is 0.311 e. The standard InChI is InChI=1S/C9H16O3/c1-3-9(8(11)12-2)5-4-7(10)6-9/h7,10H,3-6H2,1-2H3. The van der Waals surface area contributed by atoms with Crippen LogP contribution in [0.25, 0.3) is 0 Å². The van der Waals surface area contributed by atoms with Gasteiger partial charge in [0.25, 0.3) is 0 Å². The van der Waals surface area contributed by atoms with E-state index in [1.165, 1.54) is 7.11 Å². The van der Waals surface area contributed by atoms with Gasteiger partial charge in [0.15, 0.2) is 0 Å². The molecule has 1 fully saturated rings. The summed E-state index contributed by atoms with van der Waals surface area (Å²) in [6.07, 6.45) is 2.50. The van der Waals surface area contributed by atoms with Crippen molar-refractivity contribution in [2.75, 3.05) is 7.11 Å². The third-order valence-corrected chi connectivity index (χ3v) is 2.88. The quantitative estimate of drug-likeness (QED) is 0.634. The molecule has 0 bridgehead atoms. The van der Waals surface area contributed by atoms with E-state index in [1.807, 2.05) is 6.92 Å². The lowest BCUT2D eigenvalue weighted by molar-refractivity contribution is -0.153. The average Bonchev–Trinajstić information content (AvgIpc) is 2.47. The van der Waals surface area contributed by atoms with Crippen LogP contribution < -0.4 is 0 Å². The fourth-order valence-electron chi connectivity index (χ4n) is 1.97. The van der Waals surface area contributed by atoms with Crippen LogP contribution >= 0.6 is 0 Å². The van der Waals surface area contributed by atoms with E-state index in [1.54, 1.807) is 0 Å². The van der Waals surface area contributed by atoms with Gasteiger partial charge in [0.1, 0.15) is 0 Å². The highest BCUT2D eigenvalue weighted by molar-refractivity contribution is 5.77. The molecule has 2 atom stereocenters. The van der Waals surface area contributed by atoms with Crippen molar-refractivity contribution < 1.29 is 14.6 Å². The zero-order valence-corrected chi connectivity index (χ0v) is 7.67. The topological polar surface area (TPSA) is 46.5 Å². The highest BCUT2D eigenvalue weighted by Crippen LogP contribution is 2.41. The molecule has 1 N–H and O–H groups in total. The van der Waals surface area contributed by atoms with Crippen LogP contribution in [-0.4, -0.2) is 24.3 Å². The molecule has 0 saturated heterocycles. The van der Waals surface area contributed by atoms with Gasteiger partial charge in [-0.2, -0.15) is 0 Å². The summed E-state index contributed by atoms with van der Waals surface area (Å²) in [5.74, 6) is -0.165. The second-order valence-corrected chi connectivity index (χ2v) is 3.52. The van der Waals surface area contributed by atoms with E-state index in [0.29, 0.717) is 6.42 Å². The minimum Gasteiger partial charge on any atom is -0.469 e. The summed E-state index contributed by atoms with van der Waals surface area (Å²) in [6, 6.07) is 0. The van der Waals surface area contributed by atoms with Gasteiger partial charge in [0, 0.05) is 0 Å². The van der Waals surface area contributed by atoms with Gasteiger partial charge in [0.05, 0.1) is 18.6 Å². The Morgan fingerprint density at radius 2 is 2.42 bits per heavy atom. The zero-order chi connectivity index (χ0) is 9.19. The van der Waals surface area contributed by atoms with Gasteiger partial charge in [-0.3, -0.25) is 4.79 Å². The number of carbonyl (C=O) groups excluding carboxylic acids is 1. The highest BCUT2D eigenvalue weighted by Gasteiger charge is 2.44. The first kappa shape index (κ1) is 9.52. The van der Waals surface area contributed by atoms with E-state index in [0.717, 1.165) is 19.3 Å². The summed E-state index contributed by atoms with van der Waals surface area (Å²) in [5, 5.41) is 9.33. The van der Waals surface area contributed by atoms with Crippen molar-refractivity contribution in [1.82, 2.24) is 0 Å². The largest absolute Gasteiger partial charge is 0.469 e. The number of esters is 1. The third-order valence-electron chi connectivity index (χ3n) is 2.88. The third kappa shape index (κ3) is 1.46. The molecule has 1 aliphatic rings. The SMILES string of the molecule is CCC1(C(=O)OC)CCC(O)C1. The minimum absolute atomic E-state index is 0.165. The van der Waals surface area contributed by atoms with Crippen molar-refractivity contribution >= 4 is 5.97 Å². The van der Waals surface area contributed by atoms with Crippen molar-refractivity contribution in [3.05, 3.63) is 0 Å². The van der Waals surface area contributed by atoms with Crippen molar-refractivity contribution in [2.45, 2.75) is 38.7 Å². The van der Waals surface area contributed by atoms with Gasteiger partial charge in [-0.15, -0.1) is 0 Å². The molecule has 1 rings (SSSR count). The summed E-state index contributed by atoms with van der Waals surface area (Å²) < 4.78 is 4.73. The first-order valence-corrected chi connectivity index (χ1v) is 4.41. The smallest absolute Gasteiger partial charge is 0.311 e. The van der Waals surface area contributed by atoms with E-state index >= 15 is 0 Å². The van der Waals surface area contributed by atoms with Gasteiger partial charge in [0.2, 0.25) is 0 Å². The predicted molar refractivity (Wildman–Crippen MR) is 44.6 cm³/mol. The maximum absolute atomic E-state index is 11.4. The van der Waals surface area contributed by atoms with Crippen molar-refractivity contribution in [3.63, 3.8) is 0 Å². The summed E-state index contributed by atoms with van der Waals surface area (Å²) >= 11 is 0. The fraction of sp³-hybridized carbons (Fsp3) is 0.889. The van der Waals surface area contributed by atoms with E-state index in [-0.39, 0.29) is 12.1 Å². The van der Waals surface area contributed by atoms with Crippen LogP contribution in [0.4, 0.5) is 0 Å². The number of hydrogen-bond acceptors (Lipinski definition) is 3. The Hall–Kier alpha value is -0.570. The maximum atomic E-state index is 11.4. The molecule has 2 unspecified atom stereocenters. The van der Waals surface area contributed by atoms with E-state index in [2.05, 4.69) is 0 Å². The molecule has 70 valence electrons. The molecule has 0 amide bonds. The molecule has 3 nitrogen and oxygen atoms in total. The molecule has 0 aliphatic heterocycles. The summed E-state index contributed by atoms with van der Waals surface area (Å²) in [5.41, 5.74) is -0.395. The minimum atomic E-state index is -0.395. The molecule has 0 aromatic carbocycles. The lowest BCUT2D eigenvalue weighted by Gasteiger charge is -2.23. The monoisotopic (exact) mass is 172 g/mol. The van der Waals surface area contributed by atoms with Crippen LogP contribution in [0.1, 0.15) is 32.6 Å². The average molecular weight is 172 g/mol. The number of aliphatic hydroxyl groups excluding tert-OH is 1. The van der Waals surface area contributed by atoms with Crippen LogP contribution in [0.2, 0.25) is 0 Å². The normalized spacial score (nSPS) is 35.1. The van der Waals surface area contributed by atoms with E-state index in [9.17, 15) is 9.90 Å². The second-order valence-electron chi connectivity index (χ2n) is 3.52. The molecule has 0 aromatic heterocycles. The van der Waals surface area contributed by atoms with Crippen LogP contribution in [0.15, 0.2) is 0 Å². The molecule has 3 heteroatoms. The molecule has 0 radical (unpaired) electrons. The Balaban J connectivity index is 2.70. The molecular weight excluding hydrogens is 156 g/mol. The lowest BCUT2D eigenvalue weighted by Crippen LogP contribution is -2.29. The van der Waals surface area contributed by atoms with Crippen molar-refractivity contribution in [3.8, 4) is 0 Å². The van der Waals surface area contributed by atoms with Gasteiger partial charge < -0.3 is 9.84 Å². The number of aliphatic hydroxyl groups is 1. The summed E-state index contributed by atoms with van der Waals surface area (Å²) in [7, 11) is 1.41. The fourth-order valence-corrected chi connectivity index (χ4v) is 1.97. The Morgan fingerprint density at radius 3 is 2.75 bits per heavy atom. The summed E-state index contributed by atoms with van der Waals surface area (Å²) in [4.78, 5) is 11.4. The first-order valence-electron chi connectivity index (χ1n) is 4.41. The number of hydrogen-bond donors (Lipinski definition) is 1. The number of ether oxygens (including phenoxy) is 1. The van der Waals surface area contributed by atoms with Crippen LogP contribution in [0.5, 0.6) is 0 Å². The van der Waals surface area contributed by atoms with Crippen LogP contribution in [-0.2, 0) is 9.53 Å². The molecule has 0 spiro atoms. The molecule has 1 saturated carbocycles. The number of methoxy groups -OCH3 is 1. The molecule has 1 aliphatic carbocycles. The first-order chi connectivity index (χ1) is 5.64. The molecule has 12 heavy (non-hydrogen) atoms. The molecule has 0 aromatic rings. The van der Waals surface area contributed by atoms with Gasteiger partial charge in [-0.1, -0.05) is 6.92 Å². The Morgan fingerprint density at radius 1 is 1.75 bits per heavy atom. The van der Waals surface area contributed by atoms with Gasteiger partial charge >= 0.3 is 5.97 Å². The highest BCUT2D eigenvalue weighted by atomic mass is 16.5. The zero-order valence-electron chi connectivity index (χ0n) is 7.67. The van der Waals surface area contributed by atoms with Gasteiger partial charge in [-0.05, 0) is 25.7 Å². The molecular formula is C9H16O3. The Labute approximate surface area is 72.7 Å². The predicted octanol–water partition coefficient (Wildman–Crippen LogP) is 1.10. The van der Waals surface area contributed by atoms with Crippen molar-refractivity contribution in [2.24, 2.45) is 5.41 Å².